The highest BCUT2D eigenvalue weighted by molar-refractivity contribution is 8.02. The fraction of sp³-hybridized carbons (Fsp3) is 0.167. The Hall–Kier alpha value is -4.03. The fourth-order valence-corrected chi connectivity index (χ4v) is 3.27. The van der Waals surface area contributed by atoms with Gasteiger partial charge in [0, 0.05) is 6.08 Å². The molecule has 8 nitrogen and oxygen atoms in total. The van der Waals surface area contributed by atoms with E-state index in [4.69, 9.17) is 19.5 Å². The number of nitrogens with one attached hydrogen (secondary N) is 1. The van der Waals surface area contributed by atoms with Gasteiger partial charge < -0.3 is 19.5 Å². The summed E-state index contributed by atoms with van der Waals surface area (Å²) in [6.45, 7) is 0.273. The zero-order valence-electron chi connectivity index (χ0n) is 18.4. The van der Waals surface area contributed by atoms with Crippen LogP contribution >= 0.6 is 11.8 Å². The van der Waals surface area contributed by atoms with Crippen LogP contribution in [0.2, 0.25) is 0 Å². The number of methoxy groups -OCH3 is 2. The lowest BCUT2D eigenvalue weighted by Crippen LogP contribution is -2.07. The number of hydrogen-bond acceptors (Lipinski definition) is 9. The van der Waals surface area contributed by atoms with Crippen LogP contribution < -0.4 is 19.5 Å². The largest absolute Gasteiger partial charge is 0.497 e. The Labute approximate surface area is 196 Å². The van der Waals surface area contributed by atoms with Crippen molar-refractivity contribution in [2.45, 2.75) is 6.61 Å². The average molecular weight is 463 g/mol. The monoisotopic (exact) mass is 462 g/mol. The minimum atomic E-state index is -0.296. The predicted octanol–water partition coefficient (Wildman–Crippen LogP) is 4.44. The summed E-state index contributed by atoms with van der Waals surface area (Å²) in [6.07, 6.45) is 6.06. The summed E-state index contributed by atoms with van der Waals surface area (Å²) in [5, 5.41) is 12.4. The lowest BCUT2D eigenvalue weighted by molar-refractivity contribution is 0.103. The molecule has 1 aromatic heterocycles. The van der Waals surface area contributed by atoms with E-state index < -0.39 is 0 Å². The highest BCUT2D eigenvalue weighted by Crippen LogP contribution is 2.31. The van der Waals surface area contributed by atoms with Crippen molar-refractivity contribution in [3.05, 3.63) is 82.8 Å². The molecule has 0 spiro atoms. The van der Waals surface area contributed by atoms with Crippen molar-refractivity contribution in [2.75, 3.05) is 25.8 Å². The second-order valence-corrected chi connectivity index (χ2v) is 7.42. The molecule has 0 saturated carbocycles. The minimum absolute atomic E-state index is 0.207. The van der Waals surface area contributed by atoms with Crippen LogP contribution in [0.4, 0.5) is 5.82 Å². The van der Waals surface area contributed by atoms with Crippen LogP contribution in [-0.2, 0) is 6.61 Å². The molecule has 0 radical (unpaired) electrons. The molecule has 0 aliphatic carbocycles. The van der Waals surface area contributed by atoms with Crippen molar-refractivity contribution >= 4 is 23.4 Å². The number of anilines is 1. The van der Waals surface area contributed by atoms with Gasteiger partial charge in [-0.1, -0.05) is 18.2 Å². The molecule has 0 aliphatic heterocycles. The molecule has 33 heavy (non-hydrogen) atoms. The number of nitrogens with zero attached hydrogens (tertiary/aromatic N) is 3. The Morgan fingerprint density at radius 3 is 2.45 bits per heavy atom. The van der Waals surface area contributed by atoms with E-state index in [0.717, 1.165) is 11.3 Å². The first kappa shape index (κ1) is 23.6. The number of ketones is 1. The normalized spacial score (nSPS) is 10.8. The first-order valence-electron chi connectivity index (χ1n) is 9.79. The van der Waals surface area contributed by atoms with Crippen LogP contribution in [0.5, 0.6) is 17.2 Å². The van der Waals surface area contributed by atoms with Crippen LogP contribution in [-0.4, -0.2) is 36.2 Å². The molecule has 0 aliphatic rings. The highest BCUT2D eigenvalue weighted by Gasteiger charge is 2.18. The summed E-state index contributed by atoms with van der Waals surface area (Å²) >= 11 is 1.33. The van der Waals surface area contributed by atoms with Gasteiger partial charge in [0.25, 0.3) is 0 Å². The minimum Gasteiger partial charge on any atom is -0.497 e. The van der Waals surface area contributed by atoms with E-state index >= 15 is 0 Å². The maximum atomic E-state index is 13.2. The molecule has 0 amide bonds. The molecule has 1 N–H and O–H groups in total. The van der Waals surface area contributed by atoms with Gasteiger partial charge in [-0.05, 0) is 36.1 Å². The lowest BCUT2D eigenvalue weighted by Gasteiger charge is -2.14. The highest BCUT2D eigenvalue weighted by atomic mass is 32.2. The van der Waals surface area contributed by atoms with Crippen molar-refractivity contribution < 1.29 is 19.0 Å². The van der Waals surface area contributed by atoms with Gasteiger partial charge in [-0.15, -0.1) is 11.8 Å². The Morgan fingerprint density at radius 2 is 1.85 bits per heavy atom. The van der Waals surface area contributed by atoms with Crippen LogP contribution in [0.1, 0.15) is 21.6 Å². The van der Waals surface area contributed by atoms with Crippen molar-refractivity contribution in [1.82, 2.24) is 9.97 Å². The number of benzene rings is 2. The van der Waals surface area contributed by atoms with E-state index in [2.05, 4.69) is 15.3 Å². The SMILES string of the molecule is COc1ccc(COc2cccc(OC)c2C(=O)C=C(Nc2cnc(C#N)cn2)SC)cc1. The summed E-state index contributed by atoms with van der Waals surface area (Å²) in [5.74, 6) is 1.69. The van der Waals surface area contributed by atoms with Crippen LogP contribution in [0, 0.1) is 11.3 Å². The van der Waals surface area contributed by atoms with Gasteiger partial charge in [0.1, 0.15) is 41.3 Å². The standard InChI is InChI=1S/C24H22N4O4S/c1-30-18-9-7-16(8-10-18)15-32-21-6-4-5-20(31-2)24(21)19(29)11-23(33-3)28-22-14-26-17(12-25)13-27-22/h4-11,13-14H,15H2,1-3H3,(H,27,28). The maximum absolute atomic E-state index is 13.2. The summed E-state index contributed by atoms with van der Waals surface area (Å²) in [7, 11) is 3.11. The smallest absolute Gasteiger partial charge is 0.195 e. The molecule has 3 aromatic rings. The zero-order valence-corrected chi connectivity index (χ0v) is 19.2. The Balaban J connectivity index is 1.82. The molecule has 1 heterocycles. The van der Waals surface area contributed by atoms with E-state index in [1.807, 2.05) is 36.6 Å². The number of nitriles is 1. The predicted molar refractivity (Wildman–Crippen MR) is 127 cm³/mol. The van der Waals surface area contributed by atoms with Gasteiger partial charge in [0.05, 0.1) is 31.6 Å². The Kier molecular flexibility index (Phi) is 8.27. The second kappa shape index (κ2) is 11.5. The number of ether oxygens (including phenoxy) is 3. The molecular formula is C24H22N4O4S. The van der Waals surface area contributed by atoms with Crippen molar-refractivity contribution in [1.29, 1.82) is 5.26 Å². The van der Waals surface area contributed by atoms with Crippen LogP contribution in [0.3, 0.4) is 0 Å². The van der Waals surface area contributed by atoms with Gasteiger partial charge >= 0.3 is 0 Å². The van der Waals surface area contributed by atoms with Gasteiger partial charge in [-0.25, -0.2) is 9.97 Å². The number of carbonyl (C=O) groups is 1. The first-order valence-corrected chi connectivity index (χ1v) is 11.0. The van der Waals surface area contributed by atoms with Crippen LogP contribution in [0.15, 0.2) is 66.0 Å². The van der Waals surface area contributed by atoms with Crippen molar-refractivity contribution in [3.8, 4) is 23.3 Å². The molecule has 9 heteroatoms. The van der Waals surface area contributed by atoms with E-state index in [0.29, 0.717) is 27.9 Å². The summed E-state index contributed by atoms with van der Waals surface area (Å²) in [4.78, 5) is 21.3. The van der Waals surface area contributed by atoms with Gasteiger partial charge in [-0.2, -0.15) is 5.26 Å². The molecular weight excluding hydrogens is 440 g/mol. The quantitative estimate of drug-likeness (QED) is 0.345. The molecule has 0 fully saturated rings. The number of hydrogen-bond donors (Lipinski definition) is 1. The summed E-state index contributed by atoms with van der Waals surface area (Å²) in [5.41, 5.74) is 1.45. The number of allylic oxidation sites excluding steroid dienone is 1. The van der Waals surface area contributed by atoms with Crippen LogP contribution in [0.25, 0.3) is 0 Å². The summed E-state index contributed by atoms with van der Waals surface area (Å²) in [6, 6.07) is 14.6. The molecule has 0 saturated heterocycles. The van der Waals surface area contributed by atoms with E-state index in [1.54, 1.807) is 25.3 Å². The molecule has 168 valence electrons. The van der Waals surface area contributed by atoms with Gasteiger partial charge in [-0.3, -0.25) is 4.79 Å². The number of rotatable bonds is 10. The number of carbonyl (C=O) groups excluding carboxylic acids is 1. The third-order valence-electron chi connectivity index (χ3n) is 4.51. The second-order valence-electron chi connectivity index (χ2n) is 6.57. The molecule has 3 rings (SSSR count). The van der Waals surface area contributed by atoms with E-state index in [9.17, 15) is 4.79 Å². The molecule has 0 unspecified atom stereocenters. The fourth-order valence-electron chi connectivity index (χ4n) is 2.84. The molecule has 0 bridgehead atoms. The topological polar surface area (TPSA) is 106 Å². The third-order valence-corrected chi connectivity index (χ3v) is 5.17. The third kappa shape index (κ3) is 6.24. The average Bonchev–Trinajstić information content (AvgIpc) is 2.87. The van der Waals surface area contributed by atoms with Crippen molar-refractivity contribution in [3.63, 3.8) is 0 Å². The van der Waals surface area contributed by atoms with Gasteiger partial charge in [0.15, 0.2) is 11.5 Å². The Bertz CT molecular complexity index is 1170. The van der Waals surface area contributed by atoms with Gasteiger partial charge in [0.2, 0.25) is 0 Å². The number of aromatic nitrogens is 2. The number of thioether (sulfide) groups is 1. The molecule has 2 aromatic carbocycles. The Morgan fingerprint density at radius 1 is 1.09 bits per heavy atom. The maximum Gasteiger partial charge on any atom is 0.195 e. The zero-order chi connectivity index (χ0) is 23.6. The van der Waals surface area contributed by atoms with E-state index in [1.165, 1.54) is 37.3 Å². The summed E-state index contributed by atoms with van der Waals surface area (Å²) < 4.78 is 16.6. The lowest BCUT2D eigenvalue weighted by atomic mass is 10.1. The molecule has 0 atom stereocenters. The van der Waals surface area contributed by atoms with Crippen molar-refractivity contribution in [2.24, 2.45) is 0 Å². The van der Waals surface area contributed by atoms with E-state index in [-0.39, 0.29) is 18.1 Å². The first-order chi connectivity index (χ1) is 16.1.